The Kier molecular flexibility index (Phi) is 3.61. The number of hydrogen-bond donors (Lipinski definition) is 1. The zero-order valence-corrected chi connectivity index (χ0v) is 12.4. The first-order chi connectivity index (χ1) is 10.1. The summed E-state index contributed by atoms with van der Waals surface area (Å²) in [5, 5.41) is 15.0. The monoisotopic (exact) mass is 304 g/mol. The normalized spacial score (nSPS) is 10.8. The van der Waals surface area contributed by atoms with E-state index in [1.165, 1.54) is 17.1 Å². The van der Waals surface area contributed by atoms with E-state index in [-0.39, 0.29) is 5.82 Å². The minimum Gasteiger partial charge on any atom is -0.378 e. The van der Waals surface area contributed by atoms with Gasteiger partial charge in [0.15, 0.2) is 0 Å². The van der Waals surface area contributed by atoms with E-state index in [2.05, 4.69) is 25.8 Å². The first-order valence-electron chi connectivity index (χ1n) is 6.33. The van der Waals surface area contributed by atoms with Crippen LogP contribution in [0.15, 0.2) is 24.5 Å². The summed E-state index contributed by atoms with van der Waals surface area (Å²) in [6, 6.07) is 4.69. The number of rotatable bonds is 4. The van der Waals surface area contributed by atoms with Crippen LogP contribution >= 0.6 is 11.3 Å². The zero-order valence-electron chi connectivity index (χ0n) is 11.5. The van der Waals surface area contributed by atoms with Gasteiger partial charge in [-0.15, -0.1) is 16.4 Å². The predicted molar refractivity (Wildman–Crippen MR) is 78.0 cm³/mol. The van der Waals surface area contributed by atoms with E-state index < -0.39 is 0 Å². The molecule has 0 amide bonds. The standard InChI is InChI=1S/C13H13FN6S/c1-8-13(21-9(2)17-8)6-15-12-5-10(3-4-11(12)14)20-7-16-18-19-20/h3-5,7,15H,6H2,1-2H3. The van der Waals surface area contributed by atoms with Crippen molar-refractivity contribution in [2.75, 3.05) is 5.32 Å². The smallest absolute Gasteiger partial charge is 0.146 e. The Morgan fingerprint density at radius 2 is 2.19 bits per heavy atom. The van der Waals surface area contributed by atoms with Gasteiger partial charge in [-0.2, -0.15) is 0 Å². The second kappa shape index (κ2) is 5.57. The third-order valence-electron chi connectivity index (χ3n) is 3.00. The molecule has 1 N–H and O–H groups in total. The molecule has 0 spiro atoms. The predicted octanol–water partition coefficient (Wildman–Crippen LogP) is 2.49. The third-order valence-corrected chi connectivity index (χ3v) is 4.08. The molecule has 6 nitrogen and oxygen atoms in total. The largest absolute Gasteiger partial charge is 0.378 e. The molecule has 0 atom stereocenters. The maximum Gasteiger partial charge on any atom is 0.146 e. The van der Waals surface area contributed by atoms with Gasteiger partial charge in [0.1, 0.15) is 12.1 Å². The van der Waals surface area contributed by atoms with Crippen LogP contribution in [0.4, 0.5) is 10.1 Å². The third kappa shape index (κ3) is 2.89. The maximum absolute atomic E-state index is 13.9. The van der Waals surface area contributed by atoms with Crippen LogP contribution in [0.2, 0.25) is 0 Å². The van der Waals surface area contributed by atoms with Crippen molar-refractivity contribution in [1.82, 2.24) is 25.2 Å². The molecule has 3 aromatic rings. The first-order valence-corrected chi connectivity index (χ1v) is 7.15. The zero-order chi connectivity index (χ0) is 14.8. The molecular weight excluding hydrogens is 291 g/mol. The van der Waals surface area contributed by atoms with Crippen LogP contribution in [0.3, 0.4) is 0 Å². The van der Waals surface area contributed by atoms with E-state index in [0.717, 1.165) is 15.6 Å². The minimum absolute atomic E-state index is 0.314. The summed E-state index contributed by atoms with van der Waals surface area (Å²) < 4.78 is 15.4. The van der Waals surface area contributed by atoms with E-state index in [9.17, 15) is 4.39 Å². The Bertz CT molecular complexity index is 752. The van der Waals surface area contributed by atoms with Crippen molar-refractivity contribution >= 4 is 17.0 Å². The van der Waals surface area contributed by atoms with Gasteiger partial charge in [-0.05, 0) is 42.5 Å². The van der Waals surface area contributed by atoms with Crippen LogP contribution in [-0.2, 0) is 6.54 Å². The summed E-state index contributed by atoms with van der Waals surface area (Å²) >= 11 is 1.61. The molecule has 0 aliphatic heterocycles. The van der Waals surface area contributed by atoms with E-state index in [1.807, 2.05) is 13.8 Å². The van der Waals surface area contributed by atoms with Crippen molar-refractivity contribution in [2.24, 2.45) is 0 Å². The summed E-state index contributed by atoms with van der Waals surface area (Å²) in [5.74, 6) is -0.314. The molecule has 0 aliphatic carbocycles. The van der Waals surface area contributed by atoms with Gasteiger partial charge in [-0.3, -0.25) is 0 Å². The maximum atomic E-state index is 13.9. The van der Waals surface area contributed by atoms with Gasteiger partial charge in [0.25, 0.3) is 0 Å². The van der Waals surface area contributed by atoms with Crippen molar-refractivity contribution in [2.45, 2.75) is 20.4 Å². The second-order valence-electron chi connectivity index (χ2n) is 4.51. The van der Waals surface area contributed by atoms with Crippen LogP contribution in [0.25, 0.3) is 5.69 Å². The summed E-state index contributed by atoms with van der Waals surface area (Å²) in [6.07, 6.45) is 1.47. The van der Waals surface area contributed by atoms with Gasteiger partial charge in [0.2, 0.25) is 0 Å². The average Bonchev–Trinajstić information content (AvgIpc) is 3.08. The Morgan fingerprint density at radius 1 is 1.33 bits per heavy atom. The number of thiazole rings is 1. The molecule has 0 fully saturated rings. The van der Waals surface area contributed by atoms with Gasteiger partial charge in [0.05, 0.1) is 28.6 Å². The first kappa shape index (κ1) is 13.6. The Morgan fingerprint density at radius 3 is 2.86 bits per heavy atom. The van der Waals surface area contributed by atoms with E-state index in [0.29, 0.717) is 17.9 Å². The fourth-order valence-electron chi connectivity index (χ4n) is 1.98. The Labute approximate surface area is 124 Å². The lowest BCUT2D eigenvalue weighted by Crippen LogP contribution is -2.03. The topological polar surface area (TPSA) is 68.5 Å². The molecule has 8 heteroatoms. The summed E-state index contributed by atoms with van der Waals surface area (Å²) in [4.78, 5) is 5.46. The number of nitrogens with zero attached hydrogens (tertiary/aromatic N) is 5. The van der Waals surface area contributed by atoms with Crippen molar-refractivity contribution in [3.63, 3.8) is 0 Å². The number of aromatic nitrogens is 5. The van der Waals surface area contributed by atoms with Crippen LogP contribution in [0.1, 0.15) is 15.6 Å². The molecule has 2 aromatic heterocycles. The summed E-state index contributed by atoms with van der Waals surface area (Å²) in [5.41, 5.74) is 2.08. The molecule has 108 valence electrons. The average molecular weight is 304 g/mol. The molecule has 0 saturated heterocycles. The van der Waals surface area contributed by atoms with Crippen LogP contribution < -0.4 is 5.32 Å². The number of hydrogen-bond acceptors (Lipinski definition) is 6. The fourth-order valence-corrected chi connectivity index (χ4v) is 2.86. The van der Waals surface area contributed by atoms with Crippen molar-refractivity contribution in [3.05, 3.63) is 45.9 Å². The highest BCUT2D eigenvalue weighted by Gasteiger charge is 2.08. The molecule has 21 heavy (non-hydrogen) atoms. The Hall–Kier alpha value is -2.35. The van der Waals surface area contributed by atoms with Gasteiger partial charge in [-0.1, -0.05) is 0 Å². The summed E-state index contributed by atoms with van der Waals surface area (Å²) in [6.45, 7) is 4.45. The molecular formula is C13H13FN6S. The highest BCUT2D eigenvalue weighted by molar-refractivity contribution is 7.11. The van der Waals surface area contributed by atoms with E-state index >= 15 is 0 Å². The SMILES string of the molecule is Cc1nc(C)c(CNc2cc(-n3cnnn3)ccc2F)s1. The quantitative estimate of drug-likeness (QED) is 0.802. The second-order valence-corrected chi connectivity index (χ2v) is 5.80. The van der Waals surface area contributed by atoms with Crippen LogP contribution in [0, 0.1) is 19.7 Å². The number of anilines is 1. The van der Waals surface area contributed by atoms with Crippen molar-refractivity contribution in [1.29, 1.82) is 0 Å². The number of benzene rings is 1. The van der Waals surface area contributed by atoms with Gasteiger partial charge in [-0.25, -0.2) is 14.1 Å². The lowest BCUT2D eigenvalue weighted by molar-refractivity contribution is 0.629. The lowest BCUT2D eigenvalue weighted by Gasteiger charge is -2.08. The Balaban J connectivity index is 1.82. The molecule has 0 aliphatic rings. The summed E-state index contributed by atoms with van der Waals surface area (Å²) in [7, 11) is 0. The van der Waals surface area contributed by atoms with Crippen LogP contribution in [0.5, 0.6) is 0 Å². The number of halogens is 1. The molecule has 2 heterocycles. The van der Waals surface area contributed by atoms with E-state index in [1.54, 1.807) is 23.5 Å². The molecule has 0 unspecified atom stereocenters. The van der Waals surface area contributed by atoms with Crippen molar-refractivity contribution in [3.8, 4) is 5.69 Å². The van der Waals surface area contributed by atoms with Crippen molar-refractivity contribution < 1.29 is 4.39 Å². The number of tetrazole rings is 1. The molecule has 1 aromatic carbocycles. The van der Waals surface area contributed by atoms with Gasteiger partial charge >= 0.3 is 0 Å². The van der Waals surface area contributed by atoms with Gasteiger partial charge < -0.3 is 5.32 Å². The van der Waals surface area contributed by atoms with Gasteiger partial charge in [0, 0.05) is 4.88 Å². The fraction of sp³-hybridized carbons (Fsp3) is 0.231. The number of aryl methyl sites for hydroxylation is 2. The molecule has 0 radical (unpaired) electrons. The lowest BCUT2D eigenvalue weighted by atomic mass is 10.2. The molecule has 0 saturated carbocycles. The molecule has 0 bridgehead atoms. The highest BCUT2D eigenvalue weighted by atomic mass is 32.1. The minimum atomic E-state index is -0.314. The van der Waals surface area contributed by atoms with E-state index in [4.69, 9.17) is 0 Å². The molecule has 3 rings (SSSR count). The highest BCUT2D eigenvalue weighted by Crippen LogP contribution is 2.22. The number of nitrogens with one attached hydrogen (secondary N) is 1. The van der Waals surface area contributed by atoms with Crippen LogP contribution in [-0.4, -0.2) is 25.2 Å².